The number of thiocarbonyl (C=S) groups is 1. The summed E-state index contributed by atoms with van der Waals surface area (Å²) in [7, 11) is 0. The molecule has 0 bridgehead atoms. The van der Waals surface area contributed by atoms with E-state index in [1.54, 1.807) is 6.07 Å². The summed E-state index contributed by atoms with van der Waals surface area (Å²) >= 11 is 4.99. The molecule has 0 amide bonds. The number of H-pyrrole nitrogens is 1. The lowest BCUT2D eigenvalue weighted by Crippen LogP contribution is -2.08. The van der Waals surface area contributed by atoms with E-state index in [2.05, 4.69) is 4.98 Å². The van der Waals surface area contributed by atoms with E-state index in [9.17, 15) is 5.11 Å². The van der Waals surface area contributed by atoms with E-state index in [-0.39, 0.29) is 5.75 Å². The van der Waals surface area contributed by atoms with E-state index in [0.717, 1.165) is 27.6 Å². The van der Waals surface area contributed by atoms with Crippen molar-refractivity contribution in [2.24, 2.45) is 5.73 Å². The summed E-state index contributed by atoms with van der Waals surface area (Å²) in [6, 6.07) is 13.1. The molecule has 94 valence electrons. The van der Waals surface area contributed by atoms with Crippen LogP contribution in [0.5, 0.6) is 5.75 Å². The molecule has 0 spiro atoms. The highest BCUT2D eigenvalue weighted by Crippen LogP contribution is 2.34. The molecule has 0 saturated carbocycles. The molecule has 0 aliphatic carbocycles. The highest BCUT2D eigenvalue weighted by atomic mass is 32.1. The molecule has 3 aromatic rings. The number of rotatable bonds is 2. The van der Waals surface area contributed by atoms with Crippen LogP contribution >= 0.6 is 12.2 Å². The van der Waals surface area contributed by atoms with Crippen molar-refractivity contribution in [1.82, 2.24) is 4.98 Å². The van der Waals surface area contributed by atoms with Crippen molar-refractivity contribution in [3.63, 3.8) is 0 Å². The first-order valence-corrected chi connectivity index (χ1v) is 6.27. The van der Waals surface area contributed by atoms with Crippen LogP contribution in [0.15, 0.2) is 48.7 Å². The minimum atomic E-state index is 0.259. The zero-order valence-electron chi connectivity index (χ0n) is 10.1. The second kappa shape index (κ2) is 4.40. The maximum absolute atomic E-state index is 10.0. The molecule has 4 heteroatoms. The predicted molar refractivity (Wildman–Crippen MR) is 81.3 cm³/mol. The second-order valence-electron chi connectivity index (χ2n) is 4.35. The van der Waals surface area contributed by atoms with Crippen LogP contribution in [0.25, 0.3) is 22.0 Å². The molecule has 0 saturated heterocycles. The number of hydrogen-bond acceptors (Lipinski definition) is 2. The Balaban J connectivity index is 2.25. The number of phenolic OH excluding ortho intramolecular Hbond substituents is 1. The Bertz CT molecular complexity index is 777. The molecular weight excluding hydrogens is 256 g/mol. The zero-order chi connectivity index (χ0) is 13.4. The number of aromatic amines is 1. The molecule has 2 aromatic carbocycles. The number of nitrogens with two attached hydrogens (primary N) is 1. The van der Waals surface area contributed by atoms with Crippen molar-refractivity contribution < 1.29 is 5.11 Å². The van der Waals surface area contributed by atoms with Crippen molar-refractivity contribution in [2.75, 3.05) is 0 Å². The van der Waals surface area contributed by atoms with Crippen LogP contribution in [-0.2, 0) is 0 Å². The van der Waals surface area contributed by atoms with Gasteiger partial charge in [-0.2, -0.15) is 0 Å². The third-order valence-corrected chi connectivity index (χ3v) is 3.38. The van der Waals surface area contributed by atoms with Gasteiger partial charge in [0, 0.05) is 28.2 Å². The van der Waals surface area contributed by atoms with E-state index in [4.69, 9.17) is 18.0 Å². The van der Waals surface area contributed by atoms with Gasteiger partial charge in [0.05, 0.1) is 0 Å². The van der Waals surface area contributed by atoms with Gasteiger partial charge in [0.2, 0.25) is 0 Å². The van der Waals surface area contributed by atoms with Crippen molar-refractivity contribution in [3.8, 4) is 16.9 Å². The maximum atomic E-state index is 10.0. The zero-order valence-corrected chi connectivity index (χ0v) is 10.9. The highest BCUT2D eigenvalue weighted by Gasteiger charge is 2.10. The third kappa shape index (κ3) is 1.96. The molecule has 4 N–H and O–H groups in total. The molecule has 0 radical (unpaired) electrons. The Morgan fingerprint density at radius 1 is 1.16 bits per heavy atom. The lowest BCUT2D eigenvalue weighted by molar-refractivity contribution is 0.482. The molecular formula is C15H12N2OS. The van der Waals surface area contributed by atoms with Gasteiger partial charge in [0.1, 0.15) is 10.7 Å². The SMILES string of the molecule is NC(=S)c1cccc(-c2c[nH]c3cccc(O)c23)c1. The first kappa shape index (κ1) is 11.7. The number of fused-ring (bicyclic) bond motifs is 1. The molecule has 0 unspecified atom stereocenters. The maximum Gasteiger partial charge on any atom is 0.125 e. The van der Waals surface area contributed by atoms with Gasteiger partial charge in [-0.15, -0.1) is 0 Å². The Morgan fingerprint density at radius 2 is 1.95 bits per heavy atom. The quantitative estimate of drug-likeness (QED) is 0.626. The molecule has 19 heavy (non-hydrogen) atoms. The van der Waals surface area contributed by atoms with Crippen molar-refractivity contribution in [2.45, 2.75) is 0 Å². The minimum absolute atomic E-state index is 0.259. The van der Waals surface area contributed by atoms with Crippen molar-refractivity contribution in [1.29, 1.82) is 0 Å². The van der Waals surface area contributed by atoms with Crippen LogP contribution in [0, 0.1) is 0 Å². The standard InChI is InChI=1S/C15H12N2OS/c16-15(19)10-4-1-3-9(7-10)11-8-17-12-5-2-6-13(18)14(11)12/h1-8,17-18H,(H2,16,19). The molecule has 3 rings (SSSR count). The number of phenols is 1. The summed E-state index contributed by atoms with van der Waals surface area (Å²) in [4.78, 5) is 3.52. The van der Waals surface area contributed by atoms with Crippen LogP contribution < -0.4 is 5.73 Å². The van der Waals surface area contributed by atoms with Gasteiger partial charge < -0.3 is 15.8 Å². The molecule has 0 atom stereocenters. The van der Waals surface area contributed by atoms with Gasteiger partial charge in [-0.1, -0.05) is 36.5 Å². The Labute approximate surface area is 115 Å². The van der Waals surface area contributed by atoms with Gasteiger partial charge in [-0.05, 0) is 23.8 Å². The molecule has 3 nitrogen and oxygen atoms in total. The van der Waals surface area contributed by atoms with Crippen LogP contribution in [0.2, 0.25) is 0 Å². The van der Waals surface area contributed by atoms with E-state index >= 15 is 0 Å². The first-order chi connectivity index (χ1) is 9.16. The fourth-order valence-corrected chi connectivity index (χ4v) is 2.36. The van der Waals surface area contributed by atoms with E-state index < -0.39 is 0 Å². The molecule has 0 aliphatic rings. The van der Waals surface area contributed by atoms with Crippen molar-refractivity contribution in [3.05, 3.63) is 54.2 Å². The normalized spacial score (nSPS) is 10.7. The Morgan fingerprint density at radius 3 is 2.74 bits per heavy atom. The van der Waals surface area contributed by atoms with E-state index in [1.807, 2.05) is 42.6 Å². The second-order valence-corrected chi connectivity index (χ2v) is 4.79. The van der Waals surface area contributed by atoms with E-state index in [1.165, 1.54) is 0 Å². The Hall–Kier alpha value is -2.33. The number of benzene rings is 2. The van der Waals surface area contributed by atoms with Crippen LogP contribution in [0.3, 0.4) is 0 Å². The van der Waals surface area contributed by atoms with Gasteiger partial charge in [-0.3, -0.25) is 0 Å². The summed E-state index contributed by atoms with van der Waals surface area (Å²) in [6.07, 6.45) is 1.88. The van der Waals surface area contributed by atoms with Gasteiger partial charge in [0.15, 0.2) is 0 Å². The van der Waals surface area contributed by atoms with Crippen molar-refractivity contribution >= 4 is 28.1 Å². The summed E-state index contributed by atoms with van der Waals surface area (Å²) in [5.74, 6) is 0.259. The van der Waals surface area contributed by atoms with E-state index in [0.29, 0.717) is 4.99 Å². The molecule has 0 aliphatic heterocycles. The number of aromatic nitrogens is 1. The third-order valence-electron chi connectivity index (χ3n) is 3.14. The summed E-state index contributed by atoms with van der Waals surface area (Å²) in [5.41, 5.74) is 9.28. The monoisotopic (exact) mass is 268 g/mol. The topological polar surface area (TPSA) is 62.0 Å². The Kier molecular flexibility index (Phi) is 2.72. The first-order valence-electron chi connectivity index (χ1n) is 5.86. The van der Waals surface area contributed by atoms with Crippen LogP contribution in [0.4, 0.5) is 0 Å². The summed E-state index contributed by atoms with van der Waals surface area (Å²) in [5, 5.41) is 10.8. The van der Waals surface area contributed by atoms with Gasteiger partial charge in [0.25, 0.3) is 0 Å². The fourth-order valence-electron chi connectivity index (χ4n) is 2.23. The van der Waals surface area contributed by atoms with Crippen LogP contribution in [0.1, 0.15) is 5.56 Å². The lowest BCUT2D eigenvalue weighted by atomic mass is 10.0. The molecule has 1 heterocycles. The largest absolute Gasteiger partial charge is 0.507 e. The predicted octanol–water partition coefficient (Wildman–Crippen LogP) is 3.17. The van der Waals surface area contributed by atoms with Gasteiger partial charge in [-0.25, -0.2) is 0 Å². The average Bonchev–Trinajstić information content (AvgIpc) is 2.84. The highest BCUT2D eigenvalue weighted by molar-refractivity contribution is 7.80. The summed E-state index contributed by atoms with van der Waals surface area (Å²) < 4.78 is 0. The number of aromatic hydroxyl groups is 1. The fraction of sp³-hybridized carbons (Fsp3) is 0. The molecule has 1 aromatic heterocycles. The smallest absolute Gasteiger partial charge is 0.125 e. The molecule has 0 fully saturated rings. The number of hydrogen-bond donors (Lipinski definition) is 3. The summed E-state index contributed by atoms with van der Waals surface area (Å²) in [6.45, 7) is 0. The van der Waals surface area contributed by atoms with Gasteiger partial charge >= 0.3 is 0 Å². The average molecular weight is 268 g/mol. The minimum Gasteiger partial charge on any atom is -0.507 e. The lowest BCUT2D eigenvalue weighted by Gasteiger charge is -2.04. The van der Waals surface area contributed by atoms with Crippen LogP contribution in [-0.4, -0.2) is 15.1 Å². The number of nitrogens with one attached hydrogen (secondary N) is 1.